The van der Waals surface area contributed by atoms with Crippen molar-refractivity contribution in [3.05, 3.63) is 63.7 Å². The largest absolute Gasteiger partial charge is 0.377 e. The van der Waals surface area contributed by atoms with Gasteiger partial charge in [-0.15, -0.1) is 0 Å². The van der Waals surface area contributed by atoms with Gasteiger partial charge in [0.05, 0.1) is 21.4 Å². The summed E-state index contributed by atoms with van der Waals surface area (Å²) in [5, 5.41) is 13.8. The van der Waals surface area contributed by atoms with Crippen LogP contribution in [0.15, 0.2) is 47.4 Å². The number of nitro groups is 1. The number of amides is 1. The monoisotopic (exact) mass is 391 g/mol. The number of nitrogens with zero attached hydrogens (tertiary/aromatic N) is 2. The minimum absolute atomic E-state index is 0.170. The van der Waals surface area contributed by atoms with Gasteiger partial charge < -0.3 is 10.2 Å². The molecule has 8 nitrogen and oxygen atoms in total. The van der Waals surface area contributed by atoms with Gasteiger partial charge >= 0.3 is 0 Å². The molecule has 0 aliphatic rings. The lowest BCUT2D eigenvalue weighted by molar-refractivity contribution is -0.384. The molecule has 9 heteroatoms. The predicted octanol–water partition coefficient (Wildman–Crippen LogP) is 2.56. The highest BCUT2D eigenvalue weighted by Gasteiger charge is 2.20. The number of carbonyl (C=O) groups is 1. The zero-order chi connectivity index (χ0) is 20.4. The van der Waals surface area contributed by atoms with Crippen LogP contribution in [0.3, 0.4) is 0 Å². The third-order valence-corrected chi connectivity index (χ3v) is 5.20. The van der Waals surface area contributed by atoms with Crippen LogP contribution in [0.25, 0.3) is 0 Å². The lowest BCUT2D eigenvalue weighted by Crippen LogP contribution is -2.28. The SMILES string of the molecule is CC(NC(=O)c1cc([N+](=O)[O-])ccc1N(C)C)c1ccc(S(C)(=O)=O)cc1. The maximum atomic E-state index is 12.7. The quantitative estimate of drug-likeness (QED) is 0.599. The lowest BCUT2D eigenvalue weighted by Gasteiger charge is -2.19. The number of nitrogens with one attached hydrogen (secondary N) is 1. The van der Waals surface area contributed by atoms with E-state index in [0.717, 1.165) is 6.26 Å². The number of carbonyl (C=O) groups excluding carboxylic acids is 1. The number of rotatable bonds is 6. The van der Waals surface area contributed by atoms with Crippen molar-refractivity contribution in [1.82, 2.24) is 5.32 Å². The van der Waals surface area contributed by atoms with E-state index < -0.39 is 26.7 Å². The summed E-state index contributed by atoms with van der Waals surface area (Å²) in [6, 6.07) is 9.91. The number of hydrogen-bond donors (Lipinski definition) is 1. The fraction of sp³-hybridized carbons (Fsp3) is 0.278. The van der Waals surface area contributed by atoms with E-state index in [-0.39, 0.29) is 16.1 Å². The van der Waals surface area contributed by atoms with Crippen LogP contribution in [0.5, 0.6) is 0 Å². The fourth-order valence-electron chi connectivity index (χ4n) is 2.57. The van der Waals surface area contributed by atoms with Crippen LogP contribution in [0.1, 0.15) is 28.9 Å². The Morgan fingerprint density at radius 1 is 1.15 bits per heavy atom. The van der Waals surface area contributed by atoms with E-state index in [2.05, 4.69) is 5.32 Å². The molecule has 0 radical (unpaired) electrons. The second-order valence-electron chi connectivity index (χ2n) is 6.39. The summed E-state index contributed by atoms with van der Waals surface area (Å²) in [5.41, 5.74) is 1.29. The number of anilines is 1. The summed E-state index contributed by atoms with van der Waals surface area (Å²) in [4.78, 5) is 25.1. The molecule has 0 aromatic heterocycles. The van der Waals surface area contributed by atoms with Crippen molar-refractivity contribution in [3.63, 3.8) is 0 Å². The topological polar surface area (TPSA) is 110 Å². The molecule has 1 unspecified atom stereocenters. The molecule has 144 valence electrons. The minimum Gasteiger partial charge on any atom is -0.377 e. The fourth-order valence-corrected chi connectivity index (χ4v) is 3.20. The smallest absolute Gasteiger partial charge is 0.270 e. The van der Waals surface area contributed by atoms with Gasteiger partial charge in [0.25, 0.3) is 11.6 Å². The van der Waals surface area contributed by atoms with E-state index in [1.807, 2.05) is 0 Å². The highest BCUT2D eigenvalue weighted by Crippen LogP contribution is 2.25. The van der Waals surface area contributed by atoms with Gasteiger partial charge in [-0.25, -0.2) is 8.42 Å². The molecule has 0 heterocycles. The van der Waals surface area contributed by atoms with Crippen molar-refractivity contribution in [2.45, 2.75) is 17.9 Å². The number of benzene rings is 2. The van der Waals surface area contributed by atoms with Gasteiger partial charge in [-0.2, -0.15) is 0 Å². The molecular weight excluding hydrogens is 370 g/mol. The average Bonchev–Trinajstić information content (AvgIpc) is 2.60. The zero-order valence-corrected chi connectivity index (χ0v) is 16.3. The van der Waals surface area contributed by atoms with Crippen LogP contribution in [-0.4, -0.2) is 39.6 Å². The Hall–Kier alpha value is -2.94. The highest BCUT2D eigenvalue weighted by molar-refractivity contribution is 7.90. The highest BCUT2D eigenvalue weighted by atomic mass is 32.2. The standard InChI is InChI=1S/C18H21N3O5S/c1-12(13-5-8-15(9-6-13)27(4,25)26)19-18(22)16-11-14(21(23)24)7-10-17(16)20(2)3/h5-12H,1-4H3,(H,19,22). The predicted molar refractivity (Wildman–Crippen MR) is 103 cm³/mol. The molecule has 0 saturated carbocycles. The molecule has 2 rings (SSSR count). The third kappa shape index (κ3) is 4.82. The first kappa shape index (κ1) is 20.4. The normalized spacial score (nSPS) is 12.3. The average molecular weight is 391 g/mol. The van der Waals surface area contributed by atoms with Crippen LogP contribution >= 0.6 is 0 Å². The third-order valence-electron chi connectivity index (χ3n) is 4.07. The molecule has 2 aromatic rings. The van der Waals surface area contributed by atoms with E-state index in [1.54, 1.807) is 38.1 Å². The molecule has 0 saturated heterocycles. The summed E-state index contributed by atoms with van der Waals surface area (Å²) >= 11 is 0. The Balaban J connectivity index is 2.28. The second kappa shape index (κ2) is 7.75. The number of non-ortho nitro benzene ring substituents is 1. The van der Waals surface area contributed by atoms with Crippen LogP contribution in [0.4, 0.5) is 11.4 Å². The maximum Gasteiger partial charge on any atom is 0.270 e. The minimum atomic E-state index is -3.30. The molecule has 1 amide bonds. The van der Waals surface area contributed by atoms with E-state index in [4.69, 9.17) is 0 Å². The van der Waals surface area contributed by atoms with Gasteiger partial charge in [0.15, 0.2) is 9.84 Å². The Kier molecular flexibility index (Phi) is 5.85. The molecule has 0 spiro atoms. The van der Waals surface area contributed by atoms with Crippen LogP contribution in [-0.2, 0) is 9.84 Å². The lowest BCUT2D eigenvalue weighted by atomic mass is 10.1. The van der Waals surface area contributed by atoms with Crippen LogP contribution < -0.4 is 10.2 Å². The van der Waals surface area contributed by atoms with Gasteiger partial charge in [0.2, 0.25) is 0 Å². The number of sulfone groups is 1. The summed E-state index contributed by atoms with van der Waals surface area (Å²) in [5.74, 6) is -0.456. The maximum absolute atomic E-state index is 12.7. The van der Waals surface area contributed by atoms with E-state index >= 15 is 0 Å². The summed E-state index contributed by atoms with van der Waals surface area (Å²) < 4.78 is 23.1. The Bertz CT molecular complexity index is 969. The zero-order valence-electron chi connectivity index (χ0n) is 15.5. The molecule has 2 aromatic carbocycles. The van der Waals surface area contributed by atoms with Gasteiger partial charge in [0.1, 0.15) is 0 Å². The second-order valence-corrected chi connectivity index (χ2v) is 8.41. The van der Waals surface area contributed by atoms with E-state index in [9.17, 15) is 23.3 Å². The van der Waals surface area contributed by atoms with Gasteiger partial charge in [-0.3, -0.25) is 14.9 Å². The van der Waals surface area contributed by atoms with Crippen LogP contribution in [0.2, 0.25) is 0 Å². The molecule has 0 aliphatic heterocycles. The first-order chi connectivity index (χ1) is 12.5. The molecule has 1 N–H and O–H groups in total. The first-order valence-corrected chi connectivity index (χ1v) is 9.96. The Morgan fingerprint density at radius 2 is 1.74 bits per heavy atom. The van der Waals surface area contributed by atoms with E-state index in [1.165, 1.54) is 30.3 Å². The molecule has 1 atom stereocenters. The molecule has 0 fully saturated rings. The van der Waals surface area contributed by atoms with Crippen molar-refractivity contribution in [2.24, 2.45) is 0 Å². The van der Waals surface area contributed by atoms with Crippen molar-refractivity contribution >= 4 is 27.1 Å². The van der Waals surface area contributed by atoms with Gasteiger partial charge in [0, 0.05) is 38.2 Å². The Morgan fingerprint density at radius 3 is 2.22 bits per heavy atom. The Labute approximate surface area is 157 Å². The van der Waals surface area contributed by atoms with Gasteiger partial charge in [-0.05, 0) is 30.7 Å². The van der Waals surface area contributed by atoms with Crippen LogP contribution in [0, 0.1) is 10.1 Å². The summed E-state index contributed by atoms with van der Waals surface area (Å²) in [6.45, 7) is 1.75. The molecular formula is C18H21N3O5S. The van der Waals surface area contributed by atoms with Crippen molar-refractivity contribution in [1.29, 1.82) is 0 Å². The number of hydrogen-bond acceptors (Lipinski definition) is 6. The van der Waals surface area contributed by atoms with Crippen molar-refractivity contribution in [3.8, 4) is 0 Å². The molecule has 0 bridgehead atoms. The summed E-state index contributed by atoms with van der Waals surface area (Å²) in [7, 11) is 0.187. The molecule has 27 heavy (non-hydrogen) atoms. The number of nitro benzene ring substituents is 1. The molecule has 0 aliphatic carbocycles. The van der Waals surface area contributed by atoms with Gasteiger partial charge in [-0.1, -0.05) is 12.1 Å². The van der Waals surface area contributed by atoms with Crippen molar-refractivity contribution in [2.75, 3.05) is 25.3 Å². The first-order valence-electron chi connectivity index (χ1n) is 8.07. The summed E-state index contributed by atoms with van der Waals surface area (Å²) in [6.07, 6.45) is 1.12. The van der Waals surface area contributed by atoms with E-state index in [0.29, 0.717) is 11.3 Å². The van der Waals surface area contributed by atoms with Crippen molar-refractivity contribution < 1.29 is 18.1 Å².